The fraction of sp³-hybridized carbons (Fsp3) is 0.333. The molecule has 0 aliphatic carbocycles. The SMILES string of the molecule is Cc1cc(C2=NCC(c3cc(Br)c(F)c(Br)c3)(C(F)(F)F)C2)ccc1C(=O)NCC(F)(F)F. The molecule has 0 saturated heterocycles. The zero-order valence-electron chi connectivity index (χ0n) is 16.8. The first-order valence-electron chi connectivity index (χ1n) is 9.36. The number of hydrogen-bond acceptors (Lipinski definition) is 2. The molecule has 1 atom stereocenters. The molecule has 1 aliphatic heterocycles. The van der Waals surface area contributed by atoms with Crippen LogP contribution in [-0.2, 0) is 5.41 Å². The van der Waals surface area contributed by atoms with Crippen molar-refractivity contribution in [2.75, 3.05) is 13.1 Å². The van der Waals surface area contributed by atoms with Gasteiger partial charge in [0, 0.05) is 17.7 Å². The molecule has 1 heterocycles. The van der Waals surface area contributed by atoms with Gasteiger partial charge in [0.15, 0.2) is 5.82 Å². The zero-order chi connectivity index (χ0) is 24.8. The zero-order valence-corrected chi connectivity index (χ0v) is 19.9. The molecule has 2 aromatic rings. The van der Waals surface area contributed by atoms with Gasteiger partial charge in [-0.3, -0.25) is 9.79 Å². The first-order chi connectivity index (χ1) is 15.1. The lowest BCUT2D eigenvalue weighted by Crippen LogP contribution is -2.43. The van der Waals surface area contributed by atoms with E-state index in [2.05, 4.69) is 36.9 Å². The number of nitrogens with one attached hydrogen (secondary N) is 1. The third-order valence-corrected chi connectivity index (χ3v) is 6.50. The Morgan fingerprint density at radius 3 is 2.21 bits per heavy atom. The minimum Gasteiger partial charge on any atom is -0.343 e. The Hall–Kier alpha value is -1.95. The van der Waals surface area contributed by atoms with Crippen LogP contribution in [0.5, 0.6) is 0 Å². The summed E-state index contributed by atoms with van der Waals surface area (Å²) in [5.74, 6) is -1.68. The quantitative estimate of drug-likeness (QED) is 0.309. The summed E-state index contributed by atoms with van der Waals surface area (Å²) in [7, 11) is 0. The second-order valence-electron chi connectivity index (χ2n) is 7.60. The van der Waals surface area contributed by atoms with Gasteiger partial charge >= 0.3 is 12.4 Å². The number of nitrogens with zero attached hydrogens (tertiary/aromatic N) is 1. The number of amides is 1. The molecule has 3 rings (SSSR count). The summed E-state index contributed by atoms with van der Waals surface area (Å²) in [6.07, 6.45) is -9.81. The van der Waals surface area contributed by atoms with E-state index in [9.17, 15) is 35.5 Å². The first kappa shape index (κ1) is 25.7. The maximum absolute atomic E-state index is 14.2. The predicted molar refractivity (Wildman–Crippen MR) is 115 cm³/mol. The van der Waals surface area contributed by atoms with Crippen molar-refractivity contribution in [1.82, 2.24) is 5.32 Å². The smallest absolute Gasteiger partial charge is 0.343 e. The second kappa shape index (κ2) is 9.01. The molecule has 3 nitrogen and oxygen atoms in total. The molecule has 2 aromatic carbocycles. The van der Waals surface area contributed by atoms with Crippen LogP contribution in [0.4, 0.5) is 30.7 Å². The van der Waals surface area contributed by atoms with Crippen LogP contribution in [0.2, 0.25) is 0 Å². The van der Waals surface area contributed by atoms with E-state index >= 15 is 0 Å². The second-order valence-corrected chi connectivity index (χ2v) is 9.31. The van der Waals surface area contributed by atoms with Crippen molar-refractivity contribution >= 4 is 43.5 Å². The van der Waals surface area contributed by atoms with E-state index in [0.29, 0.717) is 5.56 Å². The summed E-state index contributed by atoms with van der Waals surface area (Å²) >= 11 is 5.87. The molecule has 0 saturated carbocycles. The van der Waals surface area contributed by atoms with Gasteiger partial charge in [0.2, 0.25) is 0 Å². The third-order valence-electron chi connectivity index (χ3n) is 5.34. The van der Waals surface area contributed by atoms with Gasteiger partial charge in [-0.15, -0.1) is 0 Å². The Morgan fingerprint density at radius 1 is 1.09 bits per heavy atom. The Balaban J connectivity index is 1.90. The highest BCUT2D eigenvalue weighted by atomic mass is 79.9. The summed E-state index contributed by atoms with van der Waals surface area (Å²) in [4.78, 5) is 16.1. The van der Waals surface area contributed by atoms with Crippen molar-refractivity contribution in [2.24, 2.45) is 4.99 Å². The summed E-state index contributed by atoms with van der Waals surface area (Å²) < 4.78 is 93.4. The highest BCUT2D eigenvalue weighted by Crippen LogP contribution is 2.49. The van der Waals surface area contributed by atoms with Gasteiger partial charge < -0.3 is 5.32 Å². The molecular formula is C21H15Br2F7N2O. The van der Waals surface area contributed by atoms with Gasteiger partial charge in [-0.05, 0) is 79.7 Å². The molecule has 1 aliphatic rings. The molecule has 0 spiro atoms. The van der Waals surface area contributed by atoms with Crippen LogP contribution in [0, 0.1) is 12.7 Å². The van der Waals surface area contributed by atoms with Crippen LogP contribution < -0.4 is 5.32 Å². The highest BCUT2D eigenvalue weighted by Gasteiger charge is 2.58. The maximum Gasteiger partial charge on any atom is 0.405 e. The molecule has 1 unspecified atom stereocenters. The van der Waals surface area contributed by atoms with E-state index < -0.39 is 49.0 Å². The van der Waals surface area contributed by atoms with Crippen molar-refractivity contribution in [3.63, 3.8) is 0 Å². The monoisotopic (exact) mass is 602 g/mol. The van der Waals surface area contributed by atoms with E-state index in [0.717, 1.165) is 12.1 Å². The summed E-state index contributed by atoms with van der Waals surface area (Å²) in [5, 5.41) is 1.76. The fourth-order valence-electron chi connectivity index (χ4n) is 3.57. The highest BCUT2D eigenvalue weighted by molar-refractivity contribution is 9.11. The largest absolute Gasteiger partial charge is 0.405 e. The van der Waals surface area contributed by atoms with Gasteiger partial charge in [0.25, 0.3) is 5.91 Å². The Bertz CT molecular complexity index is 1110. The number of rotatable bonds is 4. The van der Waals surface area contributed by atoms with Crippen molar-refractivity contribution in [3.05, 3.63) is 67.3 Å². The number of aryl methyl sites for hydroxylation is 1. The minimum absolute atomic E-state index is 0.0323. The van der Waals surface area contributed by atoms with Gasteiger partial charge in [-0.1, -0.05) is 6.07 Å². The maximum atomic E-state index is 14.2. The standard InChI is InChI=1S/C21H15Br2F7N2O/c1-10-4-11(2-3-13(10)18(33)32-9-20(25,26)27)16-7-19(8-31-16,21(28,29)30)12-5-14(22)17(24)15(23)6-12/h2-6H,7-9H2,1H3,(H,32,33). The van der Waals surface area contributed by atoms with Crippen LogP contribution in [0.1, 0.15) is 33.5 Å². The lowest BCUT2D eigenvalue weighted by Gasteiger charge is -2.32. The van der Waals surface area contributed by atoms with Crippen LogP contribution in [0.15, 0.2) is 44.3 Å². The molecule has 33 heavy (non-hydrogen) atoms. The number of carbonyl (C=O) groups excluding carboxylic acids is 1. The minimum atomic E-state index is -4.71. The number of benzene rings is 2. The normalized spacial score (nSPS) is 18.9. The molecule has 0 radical (unpaired) electrons. The molecule has 1 amide bonds. The number of halogens is 9. The molecule has 0 aromatic heterocycles. The van der Waals surface area contributed by atoms with Gasteiger partial charge in [0.05, 0.1) is 15.5 Å². The van der Waals surface area contributed by atoms with Crippen molar-refractivity contribution in [3.8, 4) is 0 Å². The van der Waals surface area contributed by atoms with Crippen molar-refractivity contribution in [1.29, 1.82) is 0 Å². The van der Waals surface area contributed by atoms with Gasteiger partial charge in [0.1, 0.15) is 12.0 Å². The average molecular weight is 604 g/mol. The molecule has 1 N–H and O–H groups in total. The first-order valence-corrected chi connectivity index (χ1v) is 10.9. The van der Waals surface area contributed by atoms with Crippen LogP contribution in [0.25, 0.3) is 0 Å². The molecule has 0 bridgehead atoms. The van der Waals surface area contributed by atoms with Crippen molar-refractivity contribution in [2.45, 2.75) is 31.1 Å². The topological polar surface area (TPSA) is 41.5 Å². The molecule has 178 valence electrons. The van der Waals surface area contributed by atoms with Crippen LogP contribution in [0.3, 0.4) is 0 Å². The van der Waals surface area contributed by atoms with Crippen LogP contribution in [-0.4, -0.2) is 37.1 Å². The lowest BCUT2D eigenvalue weighted by molar-refractivity contribution is -0.183. The number of aliphatic imine (C=N–C) groups is 1. The Kier molecular flexibility index (Phi) is 7.01. The van der Waals surface area contributed by atoms with E-state index in [1.165, 1.54) is 25.1 Å². The lowest BCUT2D eigenvalue weighted by atomic mass is 9.76. The summed E-state index contributed by atoms with van der Waals surface area (Å²) in [5.41, 5.74) is -1.88. The third kappa shape index (κ3) is 5.26. The molecular weight excluding hydrogens is 589 g/mol. The van der Waals surface area contributed by atoms with E-state index in [-0.39, 0.29) is 31.3 Å². The number of hydrogen-bond donors (Lipinski definition) is 1. The Labute approximate surface area is 200 Å². The van der Waals surface area contributed by atoms with Gasteiger partial charge in [-0.2, -0.15) is 26.3 Å². The van der Waals surface area contributed by atoms with E-state index in [1.54, 1.807) is 5.32 Å². The van der Waals surface area contributed by atoms with Crippen LogP contribution >= 0.6 is 31.9 Å². The number of carbonyl (C=O) groups is 1. The molecule has 0 fully saturated rings. The average Bonchev–Trinajstić information content (AvgIpc) is 3.16. The van der Waals surface area contributed by atoms with E-state index in [1.807, 2.05) is 0 Å². The number of alkyl halides is 6. The predicted octanol–water partition coefficient (Wildman–Crippen LogP) is 6.64. The Morgan fingerprint density at radius 2 is 1.70 bits per heavy atom. The molecule has 12 heteroatoms. The van der Waals surface area contributed by atoms with Crippen molar-refractivity contribution < 1.29 is 35.5 Å². The van der Waals surface area contributed by atoms with E-state index in [4.69, 9.17) is 0 Å². The summed E-state index contributed by atoms with van der Waals surface area (Å²) in [6.45, 7) is -0.660. The fourth-order valence-corrected chi connectivity index (χ4v) is 4.76. The van der Waals surface area contributed by atoms with Gasteiger partial charge in [-0.25, -0.2) is 4.39 Å². The summed E-state index contributed by atoms with van der Waals surface area (Å²) in [6, 6.07) is 6.15.